The molecule has 1 unspecified atom stereocenters. The third-order valence-electron chi connectivity index (χ3n) is 19.1. The van der Waals surface area contributed by atoms with Crippen molar-refractivity contribution in [2.45, 2.75) is 26.8 Å². The first-order chi connectivity index (χ1) is 69.6. The van der Waals surface area contributed by atoms with Crippen molar-refractivity contribution < 1.29 is 118 Å². The molecule has 0 aliphatic heterocycles. The summed E-state index contributed by atoms with van der Waals surface area (Å²) in [4.78, 5) is 136. The summed E-state index contributed by atoms with van der Waals surface area (Å²) in [7, 11) is 3.26. The lowest BCUT2D eigenvalue weighted by molar-refractivity contribution is -0.138. The number of aliphatic carboxylic acids is 1. The Morgan fingerprint density at radius 2 is 0.662 bits per heavy atom. The van der Waals surface area contributed by atoms with E-state index in [1.54, 1.807) is 68.7 Å². The summed E-state index contributed by atoms with van der Waals surface area (Å²) in [5.41, 5.74) is 82.0. The Hall–Kier alpha value is -20.8. The van der Waals surface area contributed by atoms with Gasteiger partial charge in [-0.3, -0.25) is 57.5 Å². The fourth-order valence-corrected chi connectivity index (χ4v) is 11.7. The number of nitrogens with zero attached hydrogens (tertiary/aromatic N) is 1. The van der Waals surface area contributed by atoms with E-state index in [-0.39, 0.29) is 143 Å². The highest BCUT2D eigenvalue weighted by Crippen LogP contribution is 2.31. The fourth-order valence-electron chi connectivity index (χ4n) is 11.6. The second-order valence-electron chi connectivity index (χ2n) is 31.0. The van der Waals surface area contributed by atoms with Crippen molar-refractivity contribution in [2.24, 2.45) is 17.2 Å². The molecule has 0 radical (unpaired) electrons. The predicted molar refractivity (Wildman–Crippen MR) is 564 cm³/mol. The Bertz CT molecular complexity index is 7110. The monoisotopic (exact) mass is 2050 g/mol. The second-order valence-corrected chi connectivity index (χ2v) is 31.4. The maximum absolute atomic E-state index is 12.5. The highest BCUT2D eigenvalue weighted by molar-refractivity contribution is 6.30. The van der Waals surface area contributed by atoms with E-state index < -0.39 is 70.8 Å². The highest BCUT2D eigenvalue weighted by atomic mass is 35.5. The van der Waals surface area contributed by atoms with E-state index in [9.17, 15) is 82.4 Å². The van der Waals surface area contributed by atoms with Gasteiger partial charge in [0.25, 0.3) is 59.1 Å². The first kappa shape index (κ1) is 118. The van der Waals surface area contributed by atoms with Crippen molar-refractivity contribution in [1.29, 1.82) is 0 Å². The van der Waals surface area contributed by atoms with Crippen LogP contribution >= 0.6 is 11.6 Å². The Balaban J connectivity index is 0.000000291. The summed E-state index contributed by atoms with van der Waals surface area (Å²) in [6, 6.07) is 65.5. The van der Waals surface area contributed by atoms with Gasteiger partial charge in [-0.15, -0.1) is 0 Å². The number of carbonyl (C=O) groups excluding carboxylic acids is 11. The number of aromatic hydroxyl groups is 10. The Kier molecular flexibility index (Phi) is 44.9. The Morgan fingerprint density at radius 3 is 1.04 bits per heavy atom. The number of anilines is 14. The average molecular weight is 2050 g/mol. The van der Waals surface area contributed by atoms with Gasteiger partial charge in [0.1, 0.15) is 63.6 Å². The van der Waals surface area contributed by atoms with Gasteiger partial charge >= 0.3 is 5.97 Å². The van der Waals surface area contributed by atoms with Crippen LogP contribution in [-0.4, -0.2) is 165 Å². The summed E-state index contributed by atoms with van der Waals surface area (Å²) in [6.45, 7) is 5.00. The van der Waals surface area contributed by atoms with E-state index in [1.165, 1.54) is 176 Å². The molecule has 0 heterocycles. The van der Waals surface area contributed by atoms with Crippen LogP contribution in [0.1, 0.15) is 124 Å². The van der Waals surface area contributed by atoms with Crippen molar-refractivity contribution in [1.82, 2.24) is 20.9 Å². The number of phenols is 10. The van der Waals surface area contributed by atoms with Crippen LogP contribution in [0.4, 0.5) is 84.0 Å². The van der Waals surface area contributed by atoms with Crippen molar-refractivity contribution >= 4 is 173 Å². The molecule has 14 aromatic rings. The Labute approximate surface area is 848 Å². The minimum Gasteiger partial charge on any atom is -0.508 e. The van der Waals surface area contributed by atoms with Gasteiger partial charge in [0.05, 0.1) is 62.2 Å². The minimum atomic E-state index is -1.15. The van der Waals surface area contributed by atoms with Crippen LogP contribution in [0.3, 0.4) is 0 Å². The second kappa shape index (κ2) is 56.4. The normalized spacial score (nSPS) is 10.1. The summed E-state index contributed by atoms with van der Waals surface area (Å²) in [6.07, 6.45) is 0. The van der Waals surface area contributed by atoms with E-state index in [0.717, 1.165) is 22.9 Å². The van der Waals surface area contributed by atoms with Crippen LogP contribution < -0.4 is 112 Å². The lowest BCUT2D eigenvalue weighted by Gasteiger charge is -2.11. The summed E-state index contributed by atoms with van der Waals surface area (Å²) in [5, 5.41) is 119. The van der Waals surface area contributed by atoms with Crippen molar-refractivity contribution in [3.05, 3.63) is 333 Å². The maximum Gasteiger partial charge on any atom is 0.325 e. The molecule has 0 saturated heterocycles. The van der Waals surface area contributed by atoms with Crippen LogP contribution in [0.2, 0.25) is 5.02 Å². The number of phenolic OH excluding ortho intramolecular Hbond substituents is 9. The lowest BCUT2D eigenvalue weighted by Crippen LogP contribution is -2.38. The molecule has 774 valence electrons. The zero-order valence-electron chi connectivity index (χ0n) is 79.5. The molecule has 45 N–H and O–H groups in total. The number of carboxylic acids is 1. The first-order valence-electron chi connectivity index (χ1n) is 42.9. The van der Waals surface area contributed by atoms with E-state index in [4.69, 9.17) is 128 Å². The largest absolute Gasteiger partial charge is 0.508 e. The number of nitrogens with one attached hydrogen (secondary N) is 6. The number of benzene rings is 14. The van der Waals surface area contributed by atoms with Crippen LogP contribution in [0.5, 0.6) is 57.5 Å². The van der Waals surface area contributed by atoms with Crippen LogP contribution in [0, 0.1) is 5.82 Å². The number of Topliss-reactive ketones (excluding diaryl/α,β-unsaturated/α-hetero) is 1. The van der Waals surface area contributed by atoms with Crippen LogP contribution in [0.25, 0.3) is 10.8 Å². The fraction of sp³-hybridized carbons (Fsp3) is 0.0784. The summed E-state index contributed by atoms with van der Waals surface area (Å²) in [5.74, 6) is -8.37. The molecule has 0 bridgehead atoms. The topological polar surface area (TPSA) is 867 Å². The van der Waals surface area contributed by atoms with Crippen molar-refractivity contribution in [2.75, 3.05) is 106 Å². The molecule has 14 aromatic carbocycles. The number of nitrogen functional groups attached to an aromatic ring is 11. The van der Waals surface area contributed by atoms with Crippen molar-refractivity contribution in [3.63, 3.8) is 0 Å². The van der Waals surface area contributed by atoms with Gasteiger partial charge in [-0.25, -0.2) is 4.39 Å². The lowest BCUT2D eigenvalue weighted by atomic mass is 10.1. The van der Waals surface area contributed by atoms with E-state index >= 15 is 0 Å². The number of hydrogen-bond donors (Lipinski definition) is 31. The molecule has 0 aromatic heterocycles. The standard InChI is InChI=1S/C17H14N2O2.C13H11ClN2O2.C13H13N3O2.C10H12N2O4.C10H12N2O3.2C9H12N2O2.C7H7FN2O2.2C7H8N2O2/c18-13-6-8-16(20)15(10-13)17(21)19-14-7-5-11-3-1-2-4-12(11)9-14;14-8-1-4-10(5-2-8)16-13(18)11-7-9(15)3-6-12(11)17;14-8-2-1-3-10(6-8)16-13(18)11-7-9(15)4-5-12(11)17;1-5(10(15)16)12-9(14)7-4-6(13)2-3-8(7)11;1-6(13)5-12-10(15)8-4-7(14)2-3-9(8)11;1-11(2)9(13)7-5-6(12)3-4-8(7)10;1-2-11-9(13)7-5-6(12)3-4-8(7)10;8-4-2-5(9)3(7(10)12)1-6(4)11;8-6-2-1-4(10)3-5(6)7(9)11;8-4-1-2-6(10)5(3-4)7(9)11/h1-10,20H,18H2,(H,19,21);1-7,17H,15H2,(H,16,18);1-7,17H,14-15H2,(H,16,18);2-5,13H,11H2,1H3,(H,12,14)(H,15,16);2-4,14H,5,11H2,1H3,(H,12,15);3-5,12H,10H2,1-2H3;3-5,12H,2,10H2,1H3,(H,11,13);1-2,11H,9H2,(H2,10,12);2*1-3,10H,8H2,(H2,9,11). The third-order valence-corrected chi connectivity index (χ3v) is 19.3. The van der Waals surface area contributed by atoms with Crippen molar-refractivity contribution in [3.8, 4) is 57.5 Å². The van der Waals surface area contributed by atoms with Gasteiger partial charge < -0.3 is 173 Å². The molecule has 0 aliphatic carbocycles. The highest BCUT2D eigenvalue weighted by Gasteiger charge is 2.22. The van der Waals surface area contributed by atoms with Gasteiger partial charge in [-0.2, -0.15) is 0 Å². The van der Waals surface area contributed by atoms with E-state index in [2.05, 4.69) is 31.9 Å². The van der Waals surface area contributed by atoms with Crippen LogP contribution in [0.15, 0.2) is 267 Å². The number of carbonyl (C=O) groups is 12. The molecule has 44 nitrogen and oxygen atoms in total. The number of primary amides is 3. The predicted octanol–water partition coefficient (Wildman–Crippen LogP) is 10.3. The third kappa shape index (κ3) is 38.4. The first-order valence-corrected chi connectivity index (χ1v) is 43.3. The molecular formula is C102H109ClFN21O23. The molecule has 10 amide bonds. The minimum absolute atomic E-state index is 0.0204. The summed E-state index contributed by atoms with van der Waals surface area (Å²) >= 11 is 5.74. The SMILES string of the molecule is CC(=O)CNC(=O)c1cc(O)ccc1N.CC(NC(=O)c1cc(O)ccc1N)C(=O)O.CCNC(=O)c1cc(O)ccc1N.CN(C)C(=O)c1cc(O)ccc1N.NC(=O)c1cc(N)ccc1O.NC(=O)c1cc(O)c(F)cc1N.NC(=O)c1cc(O)ccc1N.Nc1ccc(O)c(C(=O)Nc2ccc(Cl)cc2)c1.Nc1ccc(O)c(C(=O)Nc2ccc3ccccc3c2)c1.Nc1cccc(NC(=O)c2cc(N)ccc2O)c1. The number of hydrogen-bond acceptors (Lipinski definition) is 33. The van der Waals surface area contributed by atoms with Gasteiger partial charge in [0, 0.05) is 111 Å². The van der Waals surface area contributed by atoms with Gasteiger partial charge in [0.15, 0.2) is 11.6 Å². The zero-order chi connectivity index (χ0) is 111. The maximum atomic E-state index is 12.5. The molecule has 46 heteroatoms. The zero-order valence-corrected chi connectivity index (χ0v) is 80.3. The summed E-state index contributed by atoms with van der Waals surface area (Å²) < 4.78 is 12.5. The number of halogens is 2. The number of nitrogens with two attached hydrogens (primary N) is 14. The Morgan fingerprint density at radius 1 is 0.324 bits per heavy atom. The van der Waals surface area contributed by atoms with E-state index in [1.807, 2.05) is 49.4 Å². The smallest absolute Gasteiger partial charge is 0.325 e. The molecule has 1 atom stereocenters. The number of amides is 10. The average Bonchev–Trinajstić information content (AvgIpc) is 0.790. The molecule has 0 aliphatic rings. The molecule has 0 saturated carbocycles. The number of fused-ring (bicyclic) bond motifs is 1. The van der Waals surface area contributed by atoms with Crippen LogP contribution in [-0.2, 0) is 9.59 Å². The molecule has 0 fully saturated rings. The molecule has 14 rings (SSSR count). The quantitative estimate of drug-likeness (QED) is 0.0280. The van der Waals surface area contributed by atoms with Gasteiger partial charge in [0.2, 0.25) is 0 Å². The van der Waals surface area contributed by atoms with Gasteiger partial charge in [-0.1, -0.05) is 48.0 Å². The molecule has 0 spiro atoms. The number of carboxylic acid groups (broad SMARTS) is 1. The number of rotatable bonds is 18. The molecular weight excluding hydrogens is 1940 g/mol. The number of ketones is 1. The van der Waals surface area contributed by atoms with Gasteiger partial charge in [-0.05, 0) is 256 Å². The molecule has 148 heavy (non-hydrogen) atoms. The van der Waals surface area contributed by atoms with E-state index in [0.29, 0.717) is 79.6 Å².